The van der Waals surface area contributed by atoms with E-state index < -0.39 is 9.84 Å². The molecule has 0 spiro atoms. The third kappa shape index (κ3) is 3.93. The zero-order valence-corrected chi connectivity index (χ0v) is 15.3. The van der Waals surface area contributed by atoms with E-state index in [0.717, 1.165) is 34.6 Å². The van der Waals surface area contributed by atoms with E-state index in [0.29, 0.717) is 11.3 Å². The molecule has 0 unspecified atom stereocenters. The maximum absolute atomic E-state index is 11.5. The first kappa shape index (κ1) is 17.3. The highest BCUT2D eigenvalue weighted by molar-refractivity contribution is 7.90. The first-order valence-electron chi connectivity index (χ1n) is 7.89. The lowest BCUT2D eigenvalue weighted by Gasteiger charge is -2.22. The van der Waals surface area contributed by atoms with Crippen LogP contribution in [-0.4, -0.2) is 41.7 Å². The molecular formula is C16H21N3O3S2. The number of hydrogen-bond acceptors (Lipinski definition) is 6. The first-order valence-corrected chi connectivity index (χ1v) is 10.6. The van der Waals surface area contributed by atoms with Crippen molar-refractivity contribution in [3.63, 3.8) is 0 Å². The van der Waals surface area contributed by atoms with Crippen molar-refractivity contribution in [3.8, 4) is 10.6 Å². The van der Waals surface area contributed by atoms with Gasteiger partial charge in [0, 0.05) is 18.9 Å². The summed E-state index contributed by atoms with van der Waals surface area (Å²) in [7, 11) is -1.34. The molecule has 1 saturated carbocycles. The molecule has 0 bridgehead atoms. The minimum Gasteiger partial charge on any atom is -0.393 e. The summed E-state index contributed by atoms with van der Waals surface area (Å²) in [5.41, 5.74) is 0.869. The van der Waals surface area contributed by atoms with Crippen molar-refractivity contribution < 1.29 is 13.5 Å². The molecule has 24 heavy (non-hydrogen) atoms. The number of aliphatic hydroxyl groups excluding tert-OH is 1. The molecule has 1 heterocycles. The number of hydrogen-bond donors (Lipinski definition) is 1. The van der Waals surface area contributed by atoms with Crippen molar-refractivity contribution in [2.75, 3.05) is 6.26 Å². The van der Waals surface area contributed by atoms with E-state index in [-0.39, 0.29) is 12.1 Å². The van der Waals surface area contributed by atoms with Crippen LogP contribution in [0.25, 0.3) is 10.6 Å². The van der Waals surface area contributed by atoms with Gasteiger partial charge < -0.3 is 5.11 Å². The largest absolute Gasteiger partial charge is 0.393 e. The summed E-state index contributed by atoms with van der Waals surface area (Å²) in [6.45, 7) is 0. The summed E-state index contributed by atoms with van der Waals surface area (Å²) in [5, 5.41) is 15.1. The van der Waals surface area contributed by atoms with Crippen LogP contribution in [0.4, 0.5) is 0 Å². The third-order valence-corrected chi connectivity index (χ3v) is 6.34. The van der Waals surface area contributed by atoms with Crippen molar-refractivity contribution in [3.05, 3.63) is 29.1 Å². The molecule has 1 N–H and O–H groups in total. The molecule has 1 aliphatic rings. The molecule has 2 atom stereocenters. The monoisotopic (exact) mass is 367 g/mol. The van der Waals surface area contributed by atoms with Crippen molar-refractivity contribution in [2.45, 2.75) is 42.7 Å². The molecule has 0 amide bonds. The van der Waals surface area contributed by atoms with Crippen LogP contribution < -0.4 is 4.80 Å². The Morgan fingerprint density at radius 3 is 2.62 bits per heavy atom. The predicted molar refractivity (Wildman–Crippen MR) is 93.5 cm³/mol. The van der Waals surface area contributed by atoms with Gasteiger partial charge in [-0.1, -0.05) is 23.5 Å². The molecule has 130 valence electrons. The van der Waals surface area contributed by atoms with Crippen molar-refractivity contribution >= 4 is 21.2 Å². The summed E-state index contributed by atoms with van der Waals surface area (Å²) in [4.78, 5) is 5.85. The predicted octanol–water partition coefficient (Wildman–Crippen LogP) is 1.76. The third-order valence-electron chi connectivity index (χ3n) is 4.15. The van der Waals surface area contributed by atoms with Crippen LogP contribution in [0.15, 0.2) is 34.2 Å². The Kier molecular flexibility index (Phi) is 4.89. The van der Waals surface area contributed by atoms with Gasteiger partial charge in [-0.25, -0.2) is 13.1 Å². The number of sulfone groups is 1. The number of aliphatic hydroxyl groups is 1. The topological polar surface area (TPSA) is 84.5 Å². The fourth-order valence-corrected chi connectivity index (χ4v) is 4.43. The second-order valence-corrected chi connectivity index (χ2v) is 9.18. The van der Waals surface area contributed by atoms with Crippen molar-refractivity contribution in [2.24, 2.45) is 12.0 Å². The Morgan fingerprint density at radius 2 is 2.00 bits per heavy atom. The van der Waals surface area contributed by atoms with Crippen molar-refractivity contribution in [1.82, 2.24) is 9.78 Å². The smallest absolute Gasteiger partial charge is 0.203 e. The molecule has 0 radical (unpaired) electrons. The molecular weight excluding hydrogens is 346 g/mol. The van der Waals surface area contributed by atoms with Gasteiger partial charge in [0.2, 0.25) is 4.80 Å². The van der Waals surface area contributed by atoms with Gasteiger partial charge in [-0.15, -0.1) is 0 Å². The summed E-state index contributed by atoms with van der Waals surface area (Å²) in [5.74, 6) is 0. The standard InChI is InChI=1S/C16H21N3O3S2/c1-19-16(17-12-4-3-5-13(20)10-12)23-15(18-19)11-6-8-14(9-7-11)24(2,21)22/h6-9,12-13,20H,3-5,10H2,1-2H3/t12-,13+/m0/s1. The second-order valence-electron chi connectivity index (χ2n) is 6.21. The SMILES string of the molecule is Cn1nc(-c2ccc(S(C)(=O)=O)cc2)sc1=N[C@H]1CCC[C@@H](O)C1. The number of aromatic nitrogens is 2. The minimum atomic E-state index is -3.19. The minimum absolute atomic E-state index is 0.140. The van der Waals surface area contributed by atoms with Gasteiger partial charge in [0.25, 0.3) is 0 Å². The highest BCUT2D eigenvalue weighted by Crippen LogP contribution is 2.23. The van der Waals surface area contributed by atoms with Crippen LogP contribution in [0.1, 0.15) is 25.7 Å². The van der Waals surface area contributed by atoms with E-state index in [2.05, 4.69) is 5.10 Å². The zero-order chi connectivity index (χ0) is 17.3. The molecule has 3 rings (SSSR count). The Balaban J connectivity index is 1.88. The summed E-state index contributed by atoms with van der Waals surface area (Å²) in [6.07, 6.45) is 4.50. The molecule has 1 aliphatic carbocycles. The lowest BCUT2D eigenvalue weighted by Crippen LogP contribution is -2.25. The summed E-state index contributed by atoms with van der Waals surface area (Å²) < 4.78 is 24.8. The number of rotatable bonds is 3. The van der Waals surface area contributed by atoms with Crippen molar-refractivity contribution in [1.29, 1.82) is 0 Å². The van der Waals surface area contributed by atoms with Gasteiger partial charge in [0.1, 0.15) is 5.01 Å². The molecule has 8 heteroatoms. The van der Waals surface area contributed by atoms with E-state index >= 15 is 0 Å². The molecule has 1 aromatic heterocycles. The van der Waals surface area contributed by atoms with Crippen LogP contribution in [0.3, 0.4) is 0 Å². The molecule has 6 nitrogen and oxygen atoms in total. The van der Waals surface area contributed by atoms with Crippen LogP contribution in [0.2, 0.25) is 0 Å². The second kappa shape index (κ2) is 6.78. The van der Waals surface area contributed by atoms with Crippen LogP contribution in [0, 0.1) is 0 Å². The highest BCUT2D eigenvalue weighted by atomic mass is 32.2. The van der Waals surface area contributed by atoms with E-state index in [9.17, 15) is 13.5 Å². The molecule has 1 aromatic carbocycles. The van der Waals surface area contributed by atoms with Gasteiger partial charge in [-0.2, -0.15) is 5.10 Å². The average molecular weight is 367 g/mol. The fraction of sp³-hybridized carbons (Fsp3) is 0.500. The van der Waals surface area contributed by atoms with Gasteiger partial charge in [-0.05, 0) is 37.8 Å². The Labute approximate surface area is 145 Å². The zero-order valence-electron chi connectivity index (χ0n) is 13.7. The Hall–Kier alpha value is -1.51. The maximum atomic E-state index is 11.5. The van der Waals surface area contributed by atoms with E-state index in [1.807, 2.05) is 7.05 Å². The first-order chi connectivity index (χ1) is 11.3. The van der Waals surface area contributed by atoms with Crippen LogP contribution >= 0.6 is 11.3 Å². The van der Waals surface area contributed by atoms with Gasteiger partial charge in [-0.3, -0.25) is 4.99 Å². The number of benzene rings is 1. The van der Waals surface area contributed by atoms with Crippen LogP contribution in [-0.2, 0) is 16.9 Å². The molecule has 0 aliphatic heterocycles. The number of nitrogens with zero attached hydrogens (tertiary/aromatic N) is 3. The Bertz CT molecular complexity index is 882. The number of aryl methyl sites for hydroxylation is 1. The molecule has 0 saturated heterocycles. The van der Waals surface area contributed by atoms with E-state index in [4.69, 9.17) is 4.99 Å². The summed E-state index contributed by atoms with van der Waals surface area (Å²) in [6, 6.07) is 6.87. The highest BCUT2D eigenvalue weighted by Gasteiger charge is 2.19. The fourth-order valence-electron chi connectivity index (χ4n) is 2.84. The van der Waals surface area contributed by atoms with Gasteiger partial charge in [0.15, 0.2) is 9.84 Å². The van der Waals surface area contributed by atoms with Gasteiger partial charge in [0.05, 0.1) is 17.0 Å². The quantitative estimate of drug-likeness (QED) is 0.896. The maximum Gasteiger partial charge on any atom is 0.203 e. The van der Waals surface area contributed by atoms with Gasteiger partial charge >= 0.3 is 0 Å². The Morgan fingerprint density at radius 1 is 1.29 bits per heavy atom. The lowest BCUT2D eigenvalue weighted by atomic mass is 9.94. The summed E-state index contributed by atoms with van der Waals surface area (Å²) >= 11 is 1.47. The molecule has 1 fully saturated rings. The van der Waals surface area contributed by atoms with E-state index in [1.165, 1.54) is 17.6 Å². The normalized spacial score (nSPS) is 22.7. The molecule has 2 aromatic rings. The van der Waals surface area contributed by atoms with E-state index in [1.54, 1.807) is 28.9 Å². The average Bonchev–Trinajstić information content (AvgIpc) is 2.88. The van der Waals surface area contributed by atoms with Crippen LogP contribution in [0.5, 0.6) is 0 Å². The lowest BCUT2D eigenvalue weighted by molar-refractivity contribution is 0.120.